The molecule has 1 amide bonds. The molecule has 8 nitrogen and oxygen atoms in total. The zero-order chi connectivity index (χ0) is 25.8. The number of anilines is 2. The third-order valence-electron chi connectivity index (χ3n) is 6.22. The summed E-state index contributed by atoms with van der Waals surface area (Å²) in [5.41, 5.74) is 4.48. The predicted molar refractivity (Wildman–Crippen MR) is 147 cm³/mol. The highest BCUT2D eigenvalue weighted by Crippen LogP contribution is 2.42. The number of nitrogens with one attached hydrogen (secondary N) is 2. The van der Waals surface area contributed by atoms with Crippen molar-refractivity contribution in [2.24, 2.45) is 0 Å². The SMILES string of the molecule is COCC(=O)Nc1ccc(N2C(=S)NC(c3ccccn3)C2c2cccn2-c2cccc(OC)c2)cc1. The van der Waals surface area contributed by atoms with Crippen LogP contribution >= 0.6 is 12.2 Å². The summed E-state index contributed by atoms with van der Waals surface area (Å²) in [7, 11) is 3.15. The van der Waals surface area contributed by atoms with Crippen molar-refractivity contribution in [2.45, 2.75) is 12.1 Å². The van der Waals surface area contributed by atoms with E-state index in [0.29, 0.717) is 10.8 Å². The van der Waals surface area contributed by atoms with E-state index in [4.69, 9.17) is 21.7 Å². The molecule has 2 aromatic heterocycles. The van der Waals surface area contributed by atoms with Crippen molar-refractivity contribution in [3.05, 3.63) is 103 Å². The van der Waals surface area contributed by atoms with Crippen molar-refractivity contribution in [1.29, 1.82) is 0 Å². The number of benzene rings is 2. The smallest absolute Gasteiger partial charge is 0.250 e. The number of carbonyl (C=O) groups is 1. The maximum absolute atomic E-state index is 11.9. The Labute approximate surface area is 220 Å². The number of rotatable bonds is 8. The maximum atomic E-state index is 11.9. The molecule has 4 aromatic rings. The molecular formula is C28H27N5O3S. The van der Waals surface area contributed by atoms with E-state index in [1.165, 1.54) is 7.11 Å². The van der Waals surface area contributed by atoms with Crippen molar-refractivity contribution in [3.63, 3.8) is 0 Å². The Balaban J connectivity index is 1.56. The van der Waals surface area contributed by atoms with Crippen LogP contribution in [0, 0.1) is 0 Å². The molecule has 37 heavy (non-hydrogen) atoms. The van der Waals surface area contributed by atoms with E-state index >= 15 is 0 Å². The minimum absolute atomic E-state index is 0.00300. The summed E-state index contributed by atoms with van der Waals surface area (Å²) in [5.74, 6) is 0.569. The van der Waals surface area contributed by atoms with Gasteiger partial charge in [-0.25, -0.2) is 0 Å². The Hall–Kier alpha value is -4.21. The Bertz CT molecular complexity index is 1390. The van der Waals surface area contributed by atoms with Crippen LogP contribution < -0.4 is 20.3 Å². The minimum Gasteiger partial charge on any atom is -0.497 e. The summed E-state index contributed by atoms with van der Waals surface area (Å²) >= 11 is 5.86. The fourth-order valence-electron chi connectivity index (χ4n) is 4.60. The van der Waals surface area contributed by atoms with Crippen molar-refractivity contribution in [1.82, 2.24) is 14.9 Å². The molecule has 0 saturated carbocycles. The molecule has 0 aliphatic carbocycles. The Morgan fingerprint density at radius 1 is 1.03 bits per heavy atom. The molecule has 1 aliphatic heterocycles. The molecule has 3 heterocycles. The Morgan fingerprint density at radius 3 is 2.59 bits per heavy atom. The Morgan fingerprint density at radius 2 is 1.86 bits per heavy atom. The summed E-state index contributed by atoms with van der Waals surface area (Å²) in [6.45, 7) is -0.00300. The first-order valence-electron chi connectivity index (χ1n) is 11.8. The van der Waals surface area contributed by atoms with E-state index in [-0.39, 0.29) is 24.6 Å². The third kappa shape index (κ3) is 5.04. The molecule has 9 heteroatoms. The van der Waals surface area contributed by atoms with Gasteiger partial charge in [0.15, 0.2) is 5.11 Å². The zero-order valence-electron chi connectivity index (χ0n) is 20.5. The van der Waals surface area contributed by atoms with E-state index in [1.807, 2.05) is 79.0 Å². The number of pyridine rings is 1. The van der Waals surface area contributed by atoms with Gasteiger partial charge in [0.2, 0.25) is 5.91 Å². The van der Waals surface area contributed by atoms with Gasteiger partial charge >= 0.3 is 0 Å². The largest absolute Gasteiger partial charge is 0.497 e. The number of hydrogen-bond acceptors (Lipinski definition) is 5. The average molecular weight is 514 g/mol. The molecule has 2 atom stereocenters. The van der Waals surface area contributed by atoms with Crippen LogP contribution in [0.25, 0.3) is 5.69 Å². The van der Waals surface area contributed by atoms with Gasteiger partial charge in [-0.2, -0.15) is 0 Å². The molecule has 2 unspecified atom stereocenters. The van der Waals surface area contributed by atoms with Crippen LogP contribution in [-0.2, 0) is 9.53 Å². The number of amides is 1. The van der Waals surface area contributed by atoms with Gasteiger partial charge in [0.05, 0.1) is 18.8 Å². The van der Waals surface area contributed by atoms with Gasteiger partial charge in [-0.3, -0.25) is 9.78 Å². The van der Waals surface area contributed by atoms with E-state index in [1.54, 1.807) is 13.3 Å². The normalized spacial score (nSPS) is 16.9. The van der Waals surface area contributed by atoms with Crippen LogP contribution in [-0.4, -0.2) is 41.4 Å². The fourth-order valence-corrected chi connectivity index (χ4v) is 4.94. The number of thiocarbonyl (C=S) groups is 1. The van der Waals surface area contributed by atoms with E-state index < -0.39 is 0 Å². The summed E-state index contributed by atoms with van der Waals surface area (Å²) in [4.78, 5) is 18.7. The number of nitrogens with zero attached hydrogens (tertiary/aromatic N) is 3. The van der Waals surface area contributed by atoms with Crippen LogP contribution in [0.1, 0.15) is 23.5 Å². The summed E-state index contributed by atoms with van der Waals surface area (Å²) in [5, 5.41) is 6.92. The van der Waals surface area contributed by atoms with Crippen molar-refractivity contribution in [3.8, 4) is 11.4 Å². The number of carbonyl (C=O) groups excluding carboxylic acids is 1. The second kappa shape index (κ2) is 10.8. The molecule has 5 rings (SSSR count). The first kappa shape index (κ1) is 24.5. The van der Waals surface area contributed by atoms with Crippen LogP contribution in [0.3, 0.4) is 0 Å². The summed E-state index contributed by atoms with van der Waals surface area (Å²) in [6.07, 6.45) is 3.83. The lowest BCUT2D eigenvalue weighted by molar-refractivity contribution is -0.119. The fraction of sp³-hybridized carbons (Fsp3) is 0.179. The van der Waals surface area contributed by atoms with Gasteiger partial charge in [-0.05, 0) is 72.9 Å². The molecule has 0 radical (unpaired) electrons. The van der Waals surface area contributed by atoms with Gasteiger partial charge in [-0.1, -0.05) is 12.1 Å². The topological polar surface area (TPSA) is 80.7 Å². The number of methoxy groups -OCH3 is 2. The molecule has 2 N–H and O–H groups in total. The monoisotopic (exact) mass is 513 g/mol. The van der Waals surface area contributed by atoms with Gasteiger partial charge < -0.3 is 29.6 Å². The standard InChI is InChI=1S/C28H27N5O3S/c1-35-18-25(34)30-19-11-13-20(14-12-19)33-27(26(31-28(33)37)23-9-3-4-15-29-23)24-10-6-16-32(24)21-7-5-8-22(17-21)36-2/h3-17,26-27H,18H2,1-2H3,(H,30,34)(H,31,37). The van der Waals surface area contributed by atoms with Gasteiger partial charge in [0.25, 0.3) is 0 Å². The predicted octanol–water partition coefficient (Wildman–Crippen LogP) is 4.64. The summed E-state index contributed by atoms with van der Waals surface area (Å²) < 4.78 is 12.5. The first-order valence-corrected chi connectivity index (χ1v) is 12.2. The molecule has 1 saturated heterocycles. The number of aromatic nitrogens is 2. The van der Waals surface area contributed by atoms with Gasteiger partial charge in [0, 0.05) is 48.3 Å². The Kier molecular flexibility index (Phi) is 7.16. The zero-order valence-corrected chi connectivity index (χ0v) is 21.3. The van der Waals surface area contributed by atoms with Crippen LogP contribution in [0.4, 0.5) is 11.4 Å². The number of ether oxygens (including phenoxy) is 2. The molecule has 0 spiro atoms. The quantitative estimate of drug-likeness (QED) is 0.332. The van der Waals surface area contributed by atoms with Gasteiger partial charge in [0.1, 0.15) is 18.4 Å². The lowest BCUT2D eigenvalue weighted by atomic mass is 10.0. The second-order valence-corrected chi connectivity index (χ2v) is 8.92. The third-order valence-corrected chi connectivity index (χ3v) is 6.53. The van der Waals surface area contributed by atoms with E-state index in [9.17, 15) is 4.79 Å². The minimum atomic E-state index is -0.210. The highest BCUT2D eigenvalue weighted by Gasteiger charge is 2.42. The highest BCUT2D eigenvalue weighted by molar-refractivity contribution is 7.80. The van der Waals surface area contributed by atoms with E-state index in [2.05, 4.69) is 31.2 Å². The lowest BCUT2D eigenvalue weighted by Gasteiger charge is -2.29. The molecule has 0 bridgehead atoms. The van der Waals surface area contributed by atoms with Crippen molar-refractivity contribution < 1.29 is 14.3 Å². The van der Waals surface area contributed by atoms with Crippen LogP contribution in [0.2, 0.25) is 0 Å². The van der Waals surface area contributed by atoms with Crippen molar-refractivity contribution >= 4 is 34.6 Å². The number of hydrogen-bond donors (Lipinski definition) is 2. The molecule has 1 aliphatic rings. The van der Waals surface area contributed by atoms with Crippen LogP contribution in [0.5, 0.6) is 5.75 Å². The second-order valence-electron chi connectivity index (χ2n) is 8.53. The summed E-state index contributed by atoms with van der Waals surface area (Å²) in [6, 6.07) is 25.2. The molecule has 188 valence electrons. The van der Waals surface area contributed by atoms with E-state index in [0.717, 1.165) is 28.5 Å². The van der Waals surface area contributed by atoms with Gasteiger partial charge in [-0.15, -0.1) is 0 Å². The molecule has 1 fully saturated rings. The van der Waals surface area contributed by atoms with Crippen LogP contribution in [0.15, 0.2) is 91.3 Å². The van der Waals surface area contributed by atoms with Crippen molar-refractivity contribution in [2.75, 3.05) is 31.0 Å². The highest BCUT2D eigenvalue weighted by atomic mass is 32.1. The molecule has 2 aromatic carbocycles. The molecular weight excluding hydrogens is 486 g/mol. The lowest BCUT2D eigenvalue weighted by Crippen LogP contribution is -2.30. The average Bonchev–Trinajstić information content (AvgIpc) is 3.54. The maximum Gasteiger partial charge on any atom is 0.250 e. The first-order chi connectivity index (χ1) is 18.1.